The summed E-state index contributed by atoms with van der Waals surface area (Å²) in [5.41, 5.74) is 1.39. The Kier molecular flexibility index (Phi) is 4.34. The highest BCUT2D eigenvalue weighted by Gasteiger charge is 2.07. The molecule has 0 aliphatic rings. The SMILES string of the molecule is O=C(CCc1ccncc1)Cc1cc(F)cc(F)c1. The van der Waals surface area contributed by atoms with Crippen molar-refractivity contribution in [1.29, 1.82) is 0 Å². The van der Waals surface area contributed by atoms with Crippen LogP contribution in [0.25, 0.3) is 0 Å². The van der Waals surface area contributed by atoms with Gasteiger partial charge in [0.05, 0.1) is 0 Å². The van der Waals surface area contributed by atoms with Crippen molar-refractivity contribution >= 4 is 5.78 Å². The Morgan fingerprint density at radius 2 is 1.63 bits per heavy atom. The number of aromatic nitrogens is 1. The van der Waals surface area contributed by atoms with Crippen molar-refractivity contribution < 1.29 is 13.6 Å². The molecule has 0 aliphatic heterocycles. The molecule has 1 aromatic carbocycles. The third-order valence-corrected chi connectivity index (χ3v) is 2.77. The number of pyridine rings is 1. The number of benzene rings is 1. The predicted octanol–water partition coefficient (Wildman–Crippen LogP) is 3.10. The summed E-state index contributed by atoms with van der Waals surface area (Å²) in [6, 6.07) is 6.86. The van der Waals surface area contributed by atoms with Gasteiger partial charge >= 0.3 is 0 Å². The highest BCUT2D eigenvalue weighted by Crippen LogP contribution is 2.10. The van der Waals surface area contributed by atoms with E-state index in [0.29, 0.717) is 18.4 Å². The average Bonchev–Trinajstić information content (AvgIpc) is 2.36. The van der Waals surface area contributed by atoms with Gasteiger partial charge in [-0.2, -0.15) is 0 Å². The molecule has 4 heteroatoms. The minimum absolute atomic E-state index is 0.0400. The molecule has 19 heavy (non-hydrogen) atoms. The Bertz CT molecular complexity index is 549. The zero-order valence-corrected chi connectivity index (χ0v) is 10.3. The number of hydrogen-bond acceptors (Lipinski definition) is 2. The number of carbonyl (C=O) groups excluding carboxylic acids is 1. The van der Waals surface area contributed by atoms with Crippen LogP contribution in [0.5, 0.6) is 0 Å². The summed E-state index contributed by atoms with van der Waals surface area (Å²) in [5.74, 6) is -1.35. The first-order chi connectivity index (χ1) is 9.13. The van der Waals surface area contributed by atoms with E-state index in [4.69, 9.17) is 0 Å². The number of hydrogen-bond donors (Lipinski definition) is 0. The van der Waals surface area contributed by atoms with Gasteiger partial charge in [-0.05, 0) is 41.8 Å². The van der Waals surface area contributed by atoms with Gasteiger partial charge in [0, 0.05) is 31.3 Å². The van der Waals surface area contributed by atoms with E-state index in [1.165, 1.54) is 12.1 Å². The molecular weight excluding hydrogens is 248 g/mol. The van der Waals surface area contributed by atoms with Gasteiger partial charge in [0.1, 0.15) is 17.4 Å². The van der Waals surface area contributed by atoms with Gasteiger partial charge < -0.3 is 0 Å². The Morgan fingerprint density at radius 3 is 2.26 bits per heavy atom. The molecule has 0 spiro atoms. The van der Waals surface area contributed by atoms with E-state index in [1.54, 1.807) is 12.4 Å². The summed E-state index contributed by atoms with van der Waals surface area (Å²) < 4.78 is 25.9. The molecule has 0 saturated heterocycles. The first-order valence-electron chi connectivity index (χ1n) is 5.99. The van der Waals surface area contributed by atoms with Crippen LogP contribution >= 0.6 is 0 Å². The second-order valence-corrected chi connectivity index (χ2v) is 4.35. The van der Waals surface area contributed by atoms with Crippen LogP contribution < -0.4 is 0 Å². The first kappa shape index (κ1) is 13.3. The smallest absolute Gasteiger partial charge is 0.137 e. The Morgan fingerprint density at radius 1 is 1.00 bits per heavy atom. The molecular formula is C15H13F2NO. The van der Waals surface area contributed by atoms with Crippen LogP contribution in [0.4, 0.5) is 8.78 Å². The lowest BCUT2D eigenvalue weighted by Crippen LogP contribution is -2.05. The number of Topliss-reactive ketones (excluding diaryl/α,β-unsaturated/α-hetero) is 1. The Hall–Kier alpha value is -2.10. The van der Waals surface area contributed by atoms with E-state index in [9.17, 15) is 13.6 Å². The minimum atomic E-state index is -0.656. The second-order valence-electron chi connectivity index (χ2n) is 4.35. The largest absolute Gasteiger partial charge is 0.299 e. The zero-order chi connectivity index (χ0) is 13.7. The highest BCUT2D eigenvalue weighted by atomic mass is 19.1. The number of carbonyl (C=O) groups is 1. The Balaban J connectivity index is 1.91. The molecule has 1 aromatic heterocycles. The maximum Gasteiger partial charge on any atom is 0.137 e. The van der Waals surface area contributed by atoms with Crippen LogP contribution in [0, 0.1) is 11.6 Å². The molecule has 0 fully saturated rings. The van der Waals surface area contributed by atoms with E-state index < -0.39 is 11.6 Å². The van der Waals surface area contributed by atoms with Crippen LogP contribution in [0.15, 0.2) is 42.7 Å². The Labute approximate surface area is 110 Å². The summed E-state index contributed by atoms with van der Waals surface area (Å²) in [6.07, 6.45) is 4.35. The van der Waals surface area contributed by atoms with Gasteiger partial charge in [0.15, 0.2) is 0 Å². The van der Waals surface area contributed by atoms with Crippen LogP contribution in [0.3, 0.4) is 0 Å². The monoisotopic (exact) mass is 261 g/mol. The molecule has 98 valence electrons. The summed E-state index contributed by atoms with van der Waals surface area (Å²) >= 11 is 0. The third-order valence-electron chi connectivity index (χ3n) is 2.77. The van der Waals surface area contributed by atoms with Crippen LogP contribution in [0.2, 0.25) is 0 Å². The van der Waals surface area contributed by atoms with E-state index in [-0.39, 0.29) is 12.2 Å². The molecule has 2 aromatic rings. The van der Waals surface area contributed by atoms with Crippen molar-refractivity contribution in [3.63, 3.8) is 0 Å². The van der Waals surface area contributed by atoms with Gasteiger partial charge in [-0.25, -0.2) is 8.78 Å². The van der Waals surface area contributed by atoms with E-state index in [1.807, 2.05) is 12.1 Å². The number of nitrogens with zero attached hydrogens (tertiary/aromatic N) is 1. The van der Waals surface area contributed by atoms with Crippen LogP contribution in [-0.2, 0) is 17.6 Å². The quantitative estimate of drug-likeness (QED) is 0.827. The van der Waals surface area contributed by atoms with Gasteiger partial charge in [0.2, 0.25) is 0 Å². The van der Waals surface area contributed by atoms with Gasteiger partial charge in [-0.1, -0.05) is 0 Å². The summed E-state index contributed by atoms with van der Waals surface area (Å²) in [6.45, 7) is 0. The normalized spacial score (nSPS) is 10.4. The van der Waals surface area contributed by atoms with E-state index in [0.717, 1.165) is 11.6 Å². The number of rotatable bonds is 5. The number of ketones is 1. The van der Waals surface area contributed by atoms with Crippen LogP contribution in [-0.4, -0.2) is 10.8 Å². The number of aryl methyl sites for hydroxylation is 1. The number of halogens is 2. The second kappa shape index (κ2) is 6.18. The molecule has 0 saturated carbocycles. The van der Waals surface area contributed by atoms with Crippen molar-refractivity contribution in [1.82, 2.24) is 4.98 Å². The molecule has 0 unspecified atom stereocenters. The molecule has 0 bridgehead atoms. The lowest BCUT2D eigenvalue weighted by molar-refractivity contribution is -0.118. The van der Waals surface area contributed by atoms with Gasteiger partial charge in [-0.15, -0.1) is 0 Å². The lowest BCUT2D eigenvalue weighted by Gasteiger charge is -2.03. The minimum Gasteiger partial charge on any atom is -0.299 e. The predicted molar refractivity (Wildman–Crippen MR) is 67.6 cm³/mol. The fraction of sp³-hybridized carbons (Fsp3) is 0.200. The van der Waals surface area contributed by atoms with Gasteiger partial charge in [-0.3, -0.25) is 9.78 Å². The van der Waals surface area contributed by atoms with Crippen LogP contribution in [0.1, 0.15) is 17.5 Å². The first-order valence-corrected chi connectivity index (χ1v) is 5.99. The van der Waals surface area contributed by atoms with Crippen molar-refractivity contribution in [2.75, 3.05) is 0 Å². The average molecular weight is 261 g/mol. The molecule has 0 aliphatic carbocycles. The van der Waals surface area contributed by atoms with Crippen molar-refractivity contribution in [3.8, 4) is 0 Å². The van der Waals surface area contributed by atoms with Crippen molar-refractivity contribution in [2.45, 2.75) is 19.3 Å². The summed E-state index contributed by atoms with van der Waals surface area (Å²) in [5, 5.41) is 0. The topological polar surface area (TPSA) is 30.0 Å². The fourth-order valence-corrected chi connectivity index (χ4v) is 1.86. The molecule has 0 amide bonds. The highest BCUT2D eigenvalue weighted by molar-refractivity contribution is 5.81. The van der Waals surface area contributed by atoms with E-state index in [2.05, 4.69) is 4.98 Å². The third kappa shape index (κ3) is 4.25. The summed E-state index contributed by atoms with van der Waals surface area (Å²) in [7, 11) is 0. The summed E-state index contributed by atoms with van der Waals surface area (Å²) in [4.78, 5) is 15.6. The maximum absolute atomic E-state index is 13.0. The maximum atomic E-state index is 13.0. The molecule has 0 atom stereocenters. The molecule has 2 rings (SSSR count). The van der Waals surface area contributed by atoms with E-state index >= 15 is 0 Å². The zero-order valence-electron chi connectivity index (χ0n) is 10.3. The lowest BCUT2D eigenvalue weighted by atomic mass is 10.0. The molecule has 0 N–H and O–H groups in total. The van der Waals surface area contributed by atoms with Gasteiger partial charge in [0.25, 0.3) is 0 Å². The standard InChI is InChI=1S/C15H13F2NO/c16-13-7-12(8-14(17)10-13)9-15(19)2-1-11-3-5-18-6-4-11/h3-8,10H,1-2,9H2. The molecule has 2 nitrogen and oxygen atoms in total. The van der Waals surface area contributed by atoms with Crippen molar-refractivity contribution in [2.24, 2.45) is 0 Å². The van der Waals surface area contributed by atoms with Crippen molar-refractivity contribution in [3.05, 3.63) is 65.5 Å². The molecule has 0 radical (unpaired) electrons. The molecule has 1 heterocycles. The fourth-order valence-electron chi connectivity index (χ4n) is 1.86.